The van der Waals surface area contributed by atoms with Gasteiger partial charge in [-0.15, -0.1) is 10.2 Å². The lowest BCUT2D eigenvalue weighted by Crippen LogP contribution is -2.37. The highest BCUT2D eigenvalue weighted by molar-refractivity contribution is 8.00. The molecule has 1 aromatic heterocycles. The SMILES string of the molecule is Cc1ccc(N(CC(=O)Nc2nnc(SCc3ccccc3)s2)S(C)(=O)=O)c(C)c1. The van der Waals surface area contributed by atoms with Crippen LogP contribution < -0.4 is 9.62 Å². The third kappa shape index (κ3) is 6.04. The molecule has 0 aliphatic heterocycles. The molecule has 0 spiro atoms. The van der Waals surface area contributed by atoms with Crippen molar-refractivity contribution in [2.75, 3.05) is 22.4 Å². The Morgan fingerprint density at radius 2 is 1.87 bits per heavy atom. The minimum Gasteiger partial charge on any atom is -0.299 e. The van der Waals surface area contributed by atoms with Crippen LogP contribution in [0.4, 0.5) is 10.8 Å². The summed E-state index contributed by atoms with van der Waals surface area (Å²) >= 11 is 2.78. The Morgan fingerprint density at radius 3 is 2.53 bits per heavy atom. The van der Waals surface area contributed by atoms with Gasteiger partial charge in [-0.2, -0.15) is 0 Å². The van der Waals surface area contributed by atoms with Crippen LogP contribution in [0.15, 0.2) is 52.9 Å². The molecule has 3 rings (SSSR count). The Labute approximate surface area is 184 Å². The van der Waals surface area contributed by atoms with Crippen molar-refractivity contribution in [1.82, 2.24) is 10.2 Å². The van der Waals surface area contributed by atoms with Gasteiger partial charge in [-0.3, -0.25) is 14.4 Å². The summed E-state index contributed by atoms with van der Waals surface area (Å²) in [5.74, 6) is 0.272. The molecule has 158 valence electrons. The fourth-order valence-corrected chi connectivity index (χ4v) is 5.43. The number of thioether (sulfide) groups is 1. The predicted octanol–water partition coefficient (Wildman–Crippen LogP) is 3.85. The van der Waals surface area contributed by atoms with Crippen LogP contribution >= 0.6 is 23.1 Å². The van der Waals surface area contributed by atoms with E-state index in [9.17, 15) is 13.2 Å². The van der Waals surface area contributed by atoms with Crippen LogP contribution in [0, 0.1) is 13.8 Å². The Morgan fingerprint density at radius 1 is 1.13 bits per heavy atom. The van der Waals surface area contributed by atoms with E-state index >= 15 is 0 Å². The molecule has 30 heavy (non-hydrogen) atoms. The molecule has 0 radical (unpaired) electrons. The van der Waals surface area contributed by atoms with Crippen LogP contribution in [0.3, 0.4) is 0 Å². The van der Waals surface area contributed by atoms with Crippen molar-refractivity contribution in [3.8, 4) is 0 Å². The predicted molar refractivity (Wildman–Crippen MR) is 123 cm³/mol. The summed E-state index contributed by atoms with van der Waals surface area (Å²) in [6.45, 7) is 3.41. The van der Waals surface area contributed by atoms with Gasteiger partial charge in [0.1, 0.15) is 6.54 Å². The van der Waals surface area contributed by atoms with Crippen molar-refractivity contribution in [3.63, 3.8) is 0 Å². The number of sulfonamides is 1. The van der Waals surface area contributed by atoms with E-state index in [1.807, 2.05) is 56.3 Å². The number of hydrogen-bond acceptors (Lipinski definition) is 7. The van der Waals surface area contributed by atoms with Gasteiger partial charge in [-0.1, -0.05) is 71.1 Å². The molecule has 10 heteroatoms. The van der Waals surface area contributed by atoms with Gasteiger partial charge in [0, 0.05) is 5.75 Å². The van der Waals surface area contributed by atoms with Crippen molar-refractivity contribution in [2.45, 2.75) is 23.9 Å². The van der Waals surface area contributed by atoms with Crippen LogP contribution in [0.25, 0.3) is 0 Å². The second-order valence-corrected chi connectivity index (χ2v) is 10.9. The van der Waals surface area contributed by atoms with E-state index in [-0.39, 0.29) is 6.54 Å². The Hall–Kier alpha value is -2.43. The van der Waals surface area contributed by atoms with Crippen LogP contribution in [0.2, 0.25) is 0 Å². The summed E-state index contributed by atoms with van der Waals surface area (Å²) in [6.07, 6.45) is 1.09. The number of anilines is 2. The van der Waals surface area contributed by atoms with Gasteiger partial charge in [0.05, 0.1) is 11.9 Å². The molecule has 1 heterocycles. The fraction of sp³-hybridized carbons (Fsp3) is 0.250. The molecule has 2 aromatic carbocycles. The lowest BCUT2D eigenvalue weighted by molar-refractivity contribution is -0.114. The normalized spacial score (nSPS) is 11.3. The molecule has 0 fully saturated rings. The highest BCUT2D eigenvalue weighted by atomic mass is 32.2. The first-order chi connectivity index (χ1) is 14.2. The largest absolute Gasteiger partial charge is 0.299 e. The summed E-state index contributed by atoms with van der Waals surface area (Å²) in [5.41, 5.74) is 3.45. The molecule has 0 bridgehead atoms. The van der Waals surface area contributed by atoms with Crippen LogP contribution in [-0.4, -0.2) is 37.3 Å². The number of carbonyl (C=O) groups excluding carboxylic acids is 1. The summed E-state index contributed by atoms with van der Waals surface area (Å²) in [7, 11) is -3.64. The lowest BCUT2D eigenvalue weighted by Gasteiger charge is -2.23. The number of nitrogens with one attached hydrogen (secondary N) is 1. The molecule has 1 amide bonds. The van der Waals surface area contributed by atoms with Crippen molar-refractivity contribution in [1.29, 1.82) is 0 Å². The maximum absolute atomic E-state index is 12.5. The zero-order valence-electron chi connectivity index (χ0n) is 16.8. The van der Waals surface area contributed by atoms with Crippen LogP contribution in [0.5, 0.6) is 0 Å². The molecule has 1 N–H and O–H groups in total. The van der Waals surface area contributed by atoms with Crippen LogP contribution in [0.1, 0.15) is 16.7 Å². The molecule has 7 nitrogen and oxygen atoms in total. The van der Waals surface area contributed by atoms with Crippen molar-refractivity contribution in [2.24, 2.45) is 0 Å². The molecular formula is C20H22N4O3S3. The maximum atomic E-state index is 12.5. The van der Waals surface area contributed by atoms with E-state index in [1.165, 1.54) is 28.7 Å². The molecule has 0 aliphatic rings. The highest BCUT2D eigenvalue weighted by Gasteiger charge is 2.23. The average molecular weight is 463 g/mol. The van der Waals surface area contributed by atoms with E-state index in [4.69, 9.17) is 0 Å². The third-order valence-corrected chi connectivity index (χ3v) is 7.34. The first-order valence-electron chi connectivity index (χ1n) is 9.07. The van der Waals surface area contributed by atoms with E-state index in [1.54, 1.807) is 6.07 Å². The van der Waals surface area contributed by atoms with E-state index in [0.717, 1.165) is 31.8 Å². The topological polar surface area (TPSA) is 92.3 Å². The zero-order valence-corrected chi connectivity index (χ0v) is 19.3. The van der Waals surface area contributed by atoms with E-state index in [0.29, 0.717) is 10.8 Å². The van der Waals surface area contributed by atoms with Crippen LogP contribution in [-0.2, 0) is 20.6 Å². The summed E-state index contributed by atoms with van der Waals surface area (Å²) in [6, 6.07) is 15.4. The number of rotatable bonds is 8. The smallest absolute Gasteiger partial charge is 0.246 e. The standard InChI is InChI=1S/C20H22N4O3S3/c1-14-9-10-17(15(2)11-14)24(30(3,26)27)12-18(25)21-19-22-23-20(29-19)28-13-16-7-5-4-6-8-16/h4-11H,12-13H2,1-3H3,(H,21,22,25). The molecule has 0 saturated heterocycles. The molecule has 3 aromatic rings. The third-order valence-electron chi connectivity index (χ3n) is 4.17. The number of aromatic nitrogens is 2. The number of hydrogen-bond donors (Lipinski definition) is 1. The molecule has 0 saturated carbocycles. The first-order valence-corrected chi connectivity index (χ1v) is 12.7. The Kier molecular flexibility index (Phi) is 7.11. The van der Waals surface area contributed by atoms with Crippen molar-refractivity contribution >= 4 is 49.8 Å². The van der Waals surface area contributed by atoms with Gasteiger partial charge in [0.15, 0.2) is 4.34 Å². The molecule has 0 atom stereocenters. The van der Waals surface area contributed by atoms with Gasteiger partial charge in [0.2, 0.25) is 21.1 Å². The molecular weight excluding hydrogens is 440 g/mol. The van der Waals surface area contributed by atoms with Gasteiger partial charge in [-0.05, 0) is 31.0 Å². The summed E-state index contributed by atoms with van der Waals surface area (Å²) in [4.78, 5) is 12.5. The number of amides is 1. The van der Waals surface area contributed by atoms with E-state index in [2.05, 4.69) is 15.5 Å². The summed E-state index contributed by atoms with van der Waals surface area (Å²) in [5, 5.41) is 11.1. The first kappa shape index (κ1) is 22.3. The van der Waals surface area contributed by atoms with Gasteiger partial charge in [-0.25, -0.2) is 8.42 Å². The second kappa shape index (κ2) is 9.59. The summed E-state index contributed by atoms with van der Waals surface area (Å²) < 4.78 is 26.4. The van der Waals surface area contributed by atoms with Gasteiger partial charge < -0.3 is 0 Å². The highest BCUT2D eigenvalue weighted by Crippen LogP contribution is 2.28. The second-order valence-electron chi connectivity index (χ2n) is 6.76. The number of nitrogens with zero attached hydrogens (tertiary/aromatic N) is 3. The molecule has 0 aliphatic carbocycles. The van der Waals surface area contributed by atoms with Crippen molar-refractivity contribution in [3.05, 3.63) is 65.2 Å². The number of aryl methyl sites for hydroxylation is 2. The number of carbonyl (C=O) groups is 1. The quantitative estimate of drug-likeness (QED) is 0.404. The zero-order chi connectivity index (χ0) is 21.7. The Bertz CT molecular complexity index is 1130. The fourth-order valence-electron chi connectivity index (χ4n) is 2.79. The maximum Gasteiger partial charge on any atom is 0.246 e. The lowest BCUT2D eigenvalue weighted by atomic mass is 10.1. The average Bonchev–Trinajstić information content (AvgIpc) is 3.12. The number of benzene rings is 2. The minimum atomic E-state index is -3.64. The molecule has 0 unspecified atom stereocenters. The van der Waals surface area contributed by atoms with Gasteiger partial charge >= 0.3 is 0 Å². The van der Waals surface area contributed by atoms with Crippen molar-refractivity contribution < 1.29 is 13.2 Å². The minimum absolute atomic E-state index is 0.338. The van der Waals surface area contributed by atoms with E-state index < -0.39 is 15.9 Å². The monoisotopic (exact) mass is 462 g/mol. The van der Waals surface area contributed by atoms with Gasteiger partial charge in [0.25, 0.3) is 0 Å². The Balaban J connectivity index is 1.65.